The average molecular weight is 538 g/mol. The maximum absolute atomic E-state index is 13.5. The molecule has 38 heavy (non-hydrogen) atoms. The Morgan fingerprint density at radius 1 is 1.03 bits per heavy atom. The van der Waals surface area contributed by atoms with Crippen LogP contribution in [-0.4, -0.2) is 42.7 Å². The molecule has 5 nitrogen and oxygen atoms in total. The number of hydrogen-bond acceptors (Lipinski definition) is 5. The number of nitrogens with two attached hydrogens (primary N) is 1. The minimum Gasteiger partial charge on any atom is -0.405 e. The zero-order valence-corrected chi connectivity index (χ0v) is 20.5. The number of alkyl halides is 6. The first-order valence-corrected chi connectivity index (χ1v) is 12.3. The molecule has 0 radical (unpaired) electrons. The lowest BCUT2D eigenvalue weighted by Gasteiger charge is -2.33. The fraction of sp³-hybridized carbons (Fsp3) is 0.370. The molecule has 1 fully saturated rings. The number of halogens is 6. The third kappa shape index (κ3) is 7.09. The smallest absolute Gasteiger partial charge is 0.405 e. The molecule has 1 atom stereocenters. The molecule has 0 bridgehead atoms. The van der Waals surface area contributed by atoms with Crippen molar-refractivity contribution in [2.75, 3.05) is 30.3 Å². The van der Waals surface area contributed by atoms with Crippen LogP contribution in [-0.2, 0) is 12.6 Å². The maximum Gasteiger partial charge on any atom is 0.416 e. The molecule has 4 rings (SSSR count). The van der Waals surface area contributed by atoms with Crippen LogP contribution in [0.1, 0.15) is 36.0 Å². The Balaban J connectivity index is 1.62. The van der Waals surface area contributed by atoms with E-state index in [9.17, 15) is 26.3 Å². The van der Waals surface area contributed by atoms with Crippen molar-refractivity contribution in [3.8, 4) is 0 Å². The van der Waals surface area contributed by atoms with E-state index in [0.29, 0.717) is 34.9 Å². The lowest BCUT2D eigenvalue weighted by molar-refractivity contribution is -0.137. The first-order valence-electron chi connectivity index (χ1n) is 12.3. The molecule has 204 valence electrons. The fourth-order valence-corrected chi connectivity index (χ4v) is 4.56. The van der Waals surface area contributed by atoms with Crippen molar-refractivity contribution in [2.24, 2.45) is 10.7 Å². The normalized spacial score (nSPS) is 19.2. The molecule has 2 heterocycles. The van der Waals surface area contributed by atoms with Crippen LogP contribution in [0, 0.1) is 0 Å². The van der Waals surface area contributed by atoms with E-state index in [4.69, 9.17) is 10.7 Å². The predicted octanol–water partition coefficient (Wildman–Crippen LogP) is 6.31. The van der Waals surface area contributed by atoms with Gasteiger partial charge < -0.3 is 16.4 Å². The third-order valence-electron chi connectivity index (χ3n) is 6.47. The van der Waals surface area contributed by atoms with E-state index in [1.807, 2.05) is 0 Å². The minimum atomic E-state index is -4.52. The summed E-state index contributed by atoms with van der Waals surface area (Å²) >= 11 is 0. The van der Waals surface area contributed by atoms with Crippen molar-refractivity contribution in [3.05, 3.63) is 83.1 Å². The van der Waals surface area contributed by atoms with Gasteiger partial charge in [-0.25, -0.2) is 4.99 Å². The number of nitrogens with one attached hydrogen (secondary N) is 2. The van der Waals surface area contributed by atoms with Crippen LogP contribution in [0.3, 0.4) is 0 Å². The number of allylic oxidation sites excluding steroid dienone is 3. The fourth-order valence-electron chi connectivity index (χ4n) is 4.56. The standard InChI is InChI=1S/C27H29F6N5/c28-26(29,30)19-7-9-21(10-8-19)35-25-22-11-6-18(15-20(5-4-12-34)27(31,32)33)16-23(22)36-24(37-25)17-38-13-2-1-3-14-38/h4-12,16,24,36H,1-3,13-15,17,34H2,(H,35,37)/b12-4-,20-5+. The van der Waals surface area contributed by atoms with Crippen LogP contribution in [0.5, 0.6) is 0 Å². The van der Waals surface area contributed by atoms with Gasteiger partial charge in [-0.1, -0.05) is 18.6 Å². The zero-order chi connectivity index (χ0) is 27.3. The lowest BCUT2D eigenvalue weighted by atomic mass is 9.99. The van der Waals surface area contributed by atoms with Crippen LogP contribution in [0.15, 0.2) is 71.4 Å². The van der Waals surface area contributed by atoms with Gasteiger partial charge in [-0.3, -0.25) is 4.90 Å². The molecule has 0 aromatic heterocycles. The highest BCUT2D eigenvalue weighted by Gasteiger charge is 2.33. The zero-order valence-electron chi connectivity index (χ0n) is 20.5. The summed E-state index contributed by atoms with van der Waals surface area (Å²) in [5.41, 5.74) is 5.80. The van der Waals surface area contributed by atoms with E-state index in [1.165, 1.54) is 18.6 Å². The van der Waals surface area contributed by atoms with Crippen molar-refractivity contribution >= 4 is 17.2 Å². The van der Waals surface area contributed by atoms with Gasteiger partial charge in [-0.2, -0.15) is 26.3 Å². The Bertz CT molecular complexity index is 1190. The molecule has 0 amide bonds. The van der Waals surface area contributed by atoms with Crippen LogP contribution in [0.4, 0.5) is 37.7 Å². The summed E-state index contributed by atoms with van der Waals surface area (Å²) in [6.45, 7) is 2.45. The van der Waals surface area contributed by atoms with Gasteiger partial charge in [0.1, 0.15) is 12.0 Å². The molecule has 0 saturated carbocycles. The van der Waals surface area contributed by atoms with E-state index in [-0.39, 0.29) is 12.6 Å². The SMILES string of the molecule is N/C=C\C=C(/Cc1ccc2c(c1)NC(CN1CCCCC1)N=C2Nc1ccc(C(F)(F)F)cc1)C(F)(F)F. The van der Waals surface area contributed by atoms with Crippen LogP contribution < -0.4 is 16.4 Å². The molecule has 0 aliphatic carbocycles. The van der Waals surface area contributed by atoms with Crippen LogP contribution in [0.25, 0.3) is 0 Å². The van der Waals surface area contributed by atoms with Crippen molar-refractivity contribution in [1.82, 2.24) is 4.90 Å². The number of hydrogen-bond donors (Lipinski definition) is 3. The molecule has 2 aromatic rings. The van der Waals surface area contributed by atoms with Crippen LogP contribution in [0.2, 0.25) is 0 Å². The second-order valence-corrected chi connectivity index (χ2v) is 9.33. The Hall–Kier alpha value is -3.47. The number of anilines is 2. The van der Waals surface area contributed by atoms with Gasteiger partial charge in [0.2, 0.25) is 0 Å². The van der Waals surface area contributed by atoms with Gasteiger partial charge in [-0.05, 0) is 80.2 Å². The lowest BCUT2D eigenvalue weighted by Crippen LogP contribution is -2.41. The van der Waals surface area contributed by atoms with Crippen molar-refractivity contribution in [1.29, 1.82) is 0 Å². The van der Waals surface area contributed by atoms with Gasteiger partial charge in [-0.15, -0.1) is 0 Å². The molecule has 2 aliphatic rings. The summed E-state index contributed by atoms with van der Waals surface area (Å²) in [5, 5.41) is 6.44. The van der Waals surface area contributed by atoms with Crippen LogP contribution >= 0.6 is 0 Å². The topological polar surface area (TPSA) is 65.7 Å². The summed E-state index contributed by atoms with van der Waals surface area (Å²) < 4.78 is 79.5. The maximum atomic E-state index is 13.5. The number of likely N-dealkylation sites (tertiary alicyclic amines) is 1. The van der Waals surface area contributed by atoms with E-state index in [1.54, 1.807) is 18.2 Å². The second-order valence-electron chi connectivity index (χ2n) is 9.33. The summed E-state index contributed by atoms with van der Waals surface area (Å²) in [4.78, 5) is 7.05. The molecule has 2 aliphatic heterocycles. The summed E-state index contributed by atoms with van der Waals surface area (Å²) in [6.07, 6.45) is -3.23. The molecule has 1 unspecified atom stereocenters. The van der Waals surface area contributed by atoms with Crippen molar-refractivity contribution in [3.63, 3.8) is 0 Å². The van der Waals surface area contributed by atoms with Gasteiger partial charge in [0.15, 0.2) is 0 Å². The summed E-state index contributed by atoms with van der Waals surface area (Å²) in [7, 11) is 0. The van der Waals surface area contributed by atoms with Crippen molar-refractivity contribution < 1.29 is 26.3 Å². The minimum absolute atomic E-state index is 0.349. The largest absolute Gasteiger partial charge is 0.416 e. The van der Waals surface area contributed by atoms with E-state index in [2.05, 4.69) is 15.5 Å². The number of fused-ring (bicyclic) bond motifs is 1. The number of aliphatic imine (C=N–C) groups is 1. The average Bonchev–Trinajstić information content (AvgIpc) is 2.86. The number of nitrogens with zero attached hydrogens (tertiary/aromatic N) is 2. The van der Waals surface area contributed by atoms with Gasteiger partial charge >= 0.3 is 12.4 Å². The number of benzene rings is 2. The Morgan fingerprint density at radius 3 is 2.37 bits per heavy atom. The second kappa shape index (κ2) is 11.5. The van der Waals surface area contributed by atoms with Crippen molar-refractivity contribution in [2.45, 2.75) is 44.2 Å². The highest BCUT2D eigenvalue weighted by molar-refractivity contribution is 6.12. The number of rotatable bonds is 6. The molecule has 11 heteroatoms. The first-order chi connectivity index (χ1) is 18.0. The van der Waals surface area contributed by atoms with E-state index in [0.717, 1.165) is 56.4 Å². The molecular weight excluding hydrogens is 508 g/mol. The Morgan fingerprint density at radius 2 is 1.74 bits per heavy atom. The molecule has 2 aromatic carbocycles. The van der Waals surface area contributed by atoms with Gasteiger partial charge in [0.05, 0.1) is 5.56 Å². The monoisotopic (exact) mass is 537 g/mol. The number of piperidine rings is 1. The Labute approximate surface area is 217 Å². The molecule has 4 N–H and O–H groups in total. The third-order valence-corrected chi connectivity index (χ3v) is 6.47. The number of amidine groups is 1. The highest BCUT2D eigenvalue weighted by Crippen LogP contribution is 2.33. The molecule has 1 saturated heterocycles. The van der Waals surface area contributed by atoms with E-state index >= 15 is 0 Å². The molecule has 0 spiro atoms. The quantitative estimate of drug-likeness (QED) is 0.299. The van der Waals surface area contributed by atoms with Gasteiger partial charge in [0.25, 0.3) is 0 Å². The first kappa shape index (κ1) is 27.6. The predicted molar refractivity (Wildman–Crippen MR) is 137 cm³/mol. The summed E-state index contributed by atoms with van der Waals surface area (Å²) in [5.74, 6) is 0.435. The highest BCUT2D eigenvalue weighted by atomic mass is 19.4. The van der Waals surface area contributed by atoms with Gasteiger partial charge in [0, 0.05) is 35.5 Å². The molecular formula is C27H29F6N5. The Kier molecular flexibility index (Phi) is 8.35. The summed E-state index contributed by atoms with van der Waals surface area (Å²) in [6, 6.07) is 9.53. The van der Waals surface area contributed by atoms with E-state index < -0.39 is 23.5 Å².